The van der Waals surface area contributed by atoms with Crippen LogP contribution in [0.4, 0.5) is 0 Å². The van der Waals surface area contributed by atoms with Crippen molar-refractivity contribution in [2.45, 2.75) is 73.2 Å². The van der Waals surface area contributed by atoms with Crippen molar-refractivity contribution in [3.05, 3.63) is 116 Å². The van der Waals surface area contributed by atoms with Crippen LogP contribution in [0.3, 0.4) is 0 Å². The van der Waals surface area contributed by atoms with Crippen LogP contribution >= 0.6 is 0 Å². The molecular formula is C42H38O20. The van der Waals surface area contributed by atoms with Crippen LogP contribution in [0.15, 0.2) is 60.7 Å². The number of ether oxygens (including phenoxy) is 4. The van der Waals surface area contributed by atoms with E-state index in [1.54, 1.807) is 0 Å². The Kier molecular flexibility index (Phi) is 11.0. The number of phenols is 2. The number of aromatic carboxylic acids is 2. The van der Waals surface area contributed by atoms with E-state index in [1.807, 2.05) is 0 Å². The van der Waals surface area contributed by atoms with Crippen LogP contribution in [-0.2, 0) is 9.47 Å². The van der Waals surface area contributed by atoms with Crippen molar-refractivity contribution in [1.82, 2.24) is 0 Å². The van der Waals surface area contributed by atoms with E-state index in [-0.39, 0.29) is 44.9 Å². The van der Waals surface area contributed by atoms with Gasteiger partial charge in [-0.1, -0.05) is 24.3 Å². The van der Waals surface area contributed by atoms with Gasteiger partial charge in [0, 0.05) is 11.8 Å². The standard InChI is InChI=1S/C42H38O20/c43-11-23-31(47)35(51)37(53)41(61-23)59-21-5-1-3-15-25(17-7-13(39(55)56)9-19(45)27(17)33(49)29(15)21)26-16-4-2-6-22(60-42-38(54)36(52)32(48)24(12-44)62-42)30(16)34(50)28-18(26)8-14(40(57)58)10-20(28)46/h1-10,23-26,31-32,35-38,41-48,51-54H,11-12H2,(H,55,56)(H,57,58)/t23-,24-,25?,26?,31-,32-,35+,36+,37-,38-,41?,42?/m1/s1. The molecule has 4 aromatic rings. The number of aromatic hydroxyl groups is 2. The fourth-order valence-corrected chi connectivity index (χ4v) is 8.71. The molecule has 20 nitrogen and oxygen atoms in total. The average molecular weight is 863 g/mol. The molecule has 0 radical (unpaired) electrons. The van der Waals surface area contributed by atoms with E-state index in [1.165, 1.54) is 36.4 Å². The molecule has 0 amide bonds. The molecular weight excluding hydrogens is 824 g/mol. The first-order valence-corrected chi connectivity index (χ1v) is 19.0. The van der Waals surface area contributed by atoms with Gasteiger partial charge in [-0.2, -0.15) is 0 Å². The van der Waals surface area contributed by atoms with Gasteiger partial charge in [-0.3, -0.25) is 9.59 Å². The molecule has 0 spiro atoms. The molecule has 12 N–H and O–H groups in total. The molecule has 2 heterocycles. The Morgan fingerprint density at radius 1 is 0.516 bits per heavy atom. The number of carbonyl (C=O) groups is 4. The van der Waals surface area contributed by atoms with Gasteiger partial charge in [-0.25, -0.2) is 9.59 Å². The number of carboxylic acid groups (broad SMARTS) is 2. The molecule has 326 valence electrons. The summed E-state index contributed by atoms with van der Waals surface area (Å²) >= 11 is 0. The van der Waals surface area contributed by atoms with Crippen LogP contribution < -0.4 is 9.47 Å². The van der Waals surface area contributed by atoms with Gasteiger partial charge in [0.25, 0.3) is 0 Å². The van der Waals surface area contributed by atoms with Crippen molar-refractivity contribution >= 4 is 23.5 Å². The minimum absolute atomic E-state index is 0.00301. The second kappa shape index (κ2) is 16.0. The summed E-state index contributed by atoms with van der Waals surface area (Å²) in [5.41, 5.74) is -2.87. The van der Waals surface area contributed by atoms with Crippen LogP contribution in [-0.4, -0.2) is 159 Å². The summed E-state index contributed by atoms with van der Waals surface area (Å²) in [6, 6.07) is 11.9. The van der Waals surface area contributed by atoms with Gasteiger partial charge < -0.3 is 80.2 Å². The van der Waals surface area contributed by atoms with Gasteiger partial charge in [0.2, 0.25) is 24.1 Å². The Labute approximate surface area is 348 Å². The Morgan fingerprint density at radius 2 is 0.887 bits per heavy atom. The third-order valence-electron chi connectivity index (χ3n) is 11.7. The maximum Gasteiger partial charge on any atom is 0.335 e. The second-order valence-electron chi connectivity index (χ2n) is 15.2. The largest absolute Gasteiger partial charge is 0.507 e. The third-order valence-corrected chi connectivity index (χ3v) is 11.7. The van der Waals surface area contributed by atoms with E-state index in [9.17, 15) is 80.5 Å². The van der Waals surface area contributed by atoms with E-state index in [0.717, 1.165) is 24.3 Å². The van der Waals surface area contributed by atoms with E-state index in [2.05, 4.69) is 0 Å². The van der Waals surface area contributed by atoms with Crippen LogP contribution in [0.5, 0.6) is 23.0 Å². The number of carbonyl (C=O) groups excluding carboxylic acids is 2. The number of phenolic OH excluding ortho intramolecular Hbond substituents is 2. The lowest BCUT2D eigenvalue weighted by Crippen LogP contribution is -2.60. The Balaban J connectivity index is 1.38. The molecule has 12 atom stereocenters. The number of hydrogen-bond donors (Lipinski definition) is 12. The number of ketones is 2. The molecule has 2 aliphatic carbocycles. The van der Waals surface area contributed by atoms with Gasteiger partial charge >= 0.3 is 11.9 Å². The van der Waals surface area contributed by atoms with Crippen molar-refractivity contribution in [3.63, 3.8) is 0 Å². The summed E-state index contributed by atoms with van der Waals surface area (Å²) in [6.45, 7) is -1.64. The smallest absolute Gasteiger partial charge is 0.335 e. The lowest BCUT2D eigenvalue weighted by molar-refractivity contribution is -0.277. The topological polar surface area (TPSA) is 348 Å². The second-order valence-corrected chi connectivity index (χ2v) is 15.2. The van der Waals surface area contributed by atoms with E-state index >= 15 is 0 Å². The quantitative estimate of drug-likeness (QED) is 0.0950. The highest BCUT2D eigenvalue weighted by Crippen LogP contribution is 2.56. The van der Waals surface area contributed by atoms with Crippen molar-refractivity contribution in [2.24, 2.45) is 0 Å². The molecule has 8 rings (SSSR count). The first-order chi connectivity index (χ1) is 29.5. The maximum atomic E-state index is 14.7. The third kappa shape index (κ3) is 6.73. The van der Waals surface area contributed by atoms with Gasteiger partial charge in [-0.05, 0) is 58.7 Å². The predicted octanol–water partition coefficient (Wildman–Crippen LogP) is -1.10. The Hall–Kier alpha value is -6.04. The van der Waals surface area contributed by atoms with Gasteiger partial charge in [0.1, 0.15) is 71.8 Å². The molecule has 4 aromatic carbocycles. The summed E-state index contributed by atoms with van der Waals surface area (Å²) < 4.78 is 23.0. The molecule has 0 bridgehead atoms. The summed E-state index contributed by atoms with van der Waals surface area (Å²) in [5, 5.41) is 126. The van der Waals surface area contributed by atoms with Gasteiger partial charge in [-0.15, -0.1) is 0 Å². The lowest BCUT2D eigenvalue weighted by Gasteiger charge is -2.41. The molecule has 4 aliphatic rings. The van der Waals surface area contributed by atoms with Crippen molar-refractivity contribution < 1.29 is 99.4 Å². The predicted molar refractivity (Wildman–Crippen MR) is 202 cm³/mol. The highest BCUT2D eigenvalue weighted by molar-refractivity contribution is 6.18. The number of fused-ring (bicyclic) bond motifs is 4. The van der Waals surface area contributed by atoms with Crippen molar-refractivity contribution in [2.75, 3.05) is 13.2 Å². The van der Waals surface area contributed by atoms with E-state index in [0.29, 0.717) is 0 Å². The van der Waals surface area contributed by atoms with Crippen LogP contribution in [0.25, 0.3) is 0 Å². The molecule has 20 heteroatoms. The Morgan fingerprint density at radius 3 is 1.23 bits per heavy atom. The summed E-state index contributed by atoms with van der Waals surface area (Å²) in [6.07, 6.45) is -17.7. The van der Waals surface area contributed by atoms with E-state index in [4.69, 9.17) is 18.9 Å². The number of carboxylic acids is 2. The monoisotopic (exact) mass is 862 g/mol. The first kappa shape index (κ1) is 42.6. The molecule has 2 fully saturated rings. The lowest BCUT2D eigenvalue weighted by atomic mass is 9.63. The molecule has 2 saturated heterocycles. The SMILES string of the molecule is O=C(O)c1cc(O)c2c(c1)C(C1c3cc(C(=O)O)cc(O)c3C(=O)c3c(OC4O[C@H](CO)[C@@H](O)[C@H](O)[C@H]4O)cccc31)c1cccc(OC3O[C@H](CO)[C@@H](O)[C@H](O)[C@H]3O)c1C2=O. The minimum Gasteiger partial charge on any atom is -0.507 e. The van der Waals surface area contributed by atoms with Crippen LogP contribution in [0.1, 0.15) is 86.6 Å². The van der Waals surface area contributed by atoms with Gasteiger partial charge in [0.05, 0.1) is 46.6 Å². The number of rotatable bonds is 9. The Bertz CT molecular complexity index is 2330. The summed E-state index contributed by atoms with van der Waals surface area (Å²) in [4.78, 5) is 54.2. The first-order valence-electron chi connectivity index (χ1n) is 19.0. The summed E-state index contributed by atoms with van der Waals surface area (Å²) in [5.74, 6) is -10.1. The highest BCUT2D eigenvalue weighted by atomic mass is 16.7. The minimum atomic E-state index is -1.94. The van der Waals surface area contributed by atoms with Gasteiger partial charge in [0.15, 0.2) is 0 Å². The number of hydrogen-bond acceptors (Lipinski definition) is 18. The highest BCUT2D eigenvalue weighted by Gasteiger charge is 2.50. The maximum absolute atomic E-state index is 14.7. The van der Waals surface area contributed by atoms with Crippen molar-refractivity contribution in [3.8, 4) is 23.0 Å². The molecule has 2 aliphatic heterocycles. The van der Waals surface area contributed by atoms with E-state index < -0.39 is 144 Å². The molecule has 0 saturated carbocycles. The zero-order valence-corrected chi connectivity index (χ0v) is 31.7. The van der Waals surface area contributed by atoms with Crippen LogP contribution in [0, 0.1) is 0 Å². The number of aliphatic hydroxyl groups is 8. The average Bonchev–Trinajstić information content (AvgIpc) is 3.24. The molecule has 0 aromatic heterocycles. The molecule has 62 heavy (non-hydrogen) atoms. The molecule has 4 unspecified atom stereocenters. The summed E-state index contributed by atoms with van der Waals surface area (Å²) in [7, 11) is 0. The normalized spacial score (nSPS) is 30.1. The fraction of sp³-hybridized carbons (Fsp3) is 0.333. The number of benzene rings is 4. The fourth-order valence-electron chi connectivity index (χ4n) is 8.71. The number of aliphatic hydroxyl groups excluding tert-OH is 8. The zero-order valence-electron chi connectivity index (χ0n) is 31.7. The zero-order chi connectivity index (χ0) is 44.6. The van der Waals surface area contributed by atoms with Crippen molar-refractivity contribution in [1.29, 1.82) is 0 Å². The van der Waals surface area contributed by atoms with Crippen LogP contribution in [0.2, 0.25) is 0 Å².